The number of carbonyl (C=O) groups is 1. The lowest BCUT2D eigenvalue weighted by Gasteiger charge is -2.41. The topological polar surface area (TPSA) is 41.1 Å². The number of hydrogen-bond acceptors (Lipinski definition) is 2. The molecule has 2 rings (SSSR count). The Bertz CT molecular complexity index is 478. The van der Waals surface area contributed by atoms with Gasteiger partial charge in [-0.15, -0.1) is 0 Å². The highest BCUT2D eigenvalue weighted by molar-refractivity contribution is 6.31. The summed E-state index contributed by atoms with van der Waals surface area (Å²) in [5.74, 6) is -0.0387. The third kappa shape index (κ3) is 3.26. The molecule has 2 N–H and O–H groups in total. The molecule has 110 valence electrons. The Morgan fingerprint density at radius 1 is 1.35 bits per heavy atom. The summed E-state index contributed by atoms with van der Waals surface area (Å²) < 4.78 is 0. The Labute approximate surface area is 126 Å². The normalized spacial score (nSPS) is 16.4. The first-order valence-corrected chi connectivity index (χ1v) is 7.79. The van der Waals surface area contributed by atoms with Crippen LogP contribution in [0.15, 0.2) is 18.2 Å². The van der Waals surface area contributed by atoms with Crippen LogP contribution in [-0.2, 0) is 0 Å². The Morgan fingerprint density at radius 2 is 2.10 bits per heavy atom. The number of anilines is 1. The van der Waals surface area contributed by atoms with Gasteiger partial charge < -0.3 is 10.6 Å². The molecule has 0 atom stereocenters. The molecule has 1 fully saturated rings. The predicted octanol–water partition coefficient (Wildman–Crippen LogP) is 4.08. The second-order valence-corrected chi connectivity index (χ2v) is 6.05. The Morgan fingerprint density at radius 3 is 2.65 bits per heavy atom. The fraction of sp³-hybridized carbons (Fsp3) is 0.562. The molecule has 3 nitrogen and oxygen atoms in total. The van der Waals surface area contributed by atoms with Gasteiger partial charge in [0, 0.05) is 23.8 Å². The van der Waals surface area contributed by atoms with E-state index in [9.17, 15) is 4.79 Å². The van der Waals surface area contributed by atoms with E-state index in [0.717, 1.165) is 25.2 Å². The van der Waals surface area contributed by atoms with E-state index in [1.807, 2.05) is 13.0 Å². The Kier molecular flexibility index (Phi) is 4.92. The molecular formula is C16H23ClN2O. The van der Waals surface area contributed by atoms with Crippen molar-refractivity contribution in [1.29, 1.82) is 0 Å². The minimum absolute atomic E-state index is 0.0387. The highest BCUT2D eigenvalue weighted by Gasteiger charge is 2.35. The molecule has 1 aromatic carbocycles. The maximum absolute atomic E-state index is 12.4. The first-order chi connectivity index (χ1) is 9.60. The van der Waals surface area contributed by atoms with Gasteiger partial charge in [0.05, 0.1) is 5.56 Å². The average molecular weight is 295 g/mol. The zero-order valence-electron chi connectivity index (χ0n) is 12.3. The van der Waals surface area contributed by atoms with Crippen molar-refractivity contribution in [3.05, 3.63) is 28.8 Å². The van der Waals surface area contributed by atoms with Crippen molar-refractivity contribution >= 4 is 23.2 Å². The van der Waals surface area contributed by atoms with Gasteiger partial charge in [0.1, 0.15) is 0 Å². The maximum atomic E-state index is 12.4. The summed E-state index contributed by atoms with van der Waals surface area (Å²) in [6, 6.07) is 5.39. The van der Waals surface area contributed by atoms with Crippen LogP contribution < -0.4 is 10.6 Å². The first-order valence-electron chi connectivity index (χ1n) is 7.42. The van der Waals surface area contributed by atoms with Gasteiger partial charge in [-0.05, 0) is 49.8 Å². The molecule has 0 unspecified atom stereocenters. The fourth-order valence-electron chi connectivity index (χ4n) is 2.74. The third-order valence-corrected chi connectivity index (χ3v) is 4.62. The van der Waals surface area contributed by atoms with Gasteiger partial charge in [0.2, 0.25) is 0 Å². The second kappa shape index (κ2) is 6.49. The van der Waals surface area contributed by atoms with E-state index in [4.69, 9.17) is 11.6 Å². The number of rotatable bonds is 6. The summed E-state index contributed by atoms with van der Waals surface area (Å²) in [7, 11) is 0. The summed E-state index contributed by atoms with van der Waals surface area (Å²) in [5, 5.41) is 6.87. The van der Waals surface area contributed by atoms with E-state index in [1.54, 1.807) is 12.1 Å². The quantitative estimate of drug-likeness (QED) is 0.830. The van der Waals surface area contributed by atoms with E-state index in [-0.39, 0.29) is 5.91 Å². The third-order valence-electron chi connectivity index (χ3n) is 4.38. The summed E-state index contributed by atoms with van der Waals surface area (Å²) in [6.07, 6.45) is 4.85. The standard InChI is InChI=1S/C16H23ClN2O/c1-3-16(8-5-9-16)11-19-15(20)13-10-12(17)6-7-14(13)18-4-2/h6-7,10,18H,3-5,8-9,11H2,1-2H3,(H,19,20). The molecule has 0 radical (unpaired) electrons. The van der Waals surface area contributed by atoms with Crippen LogP contribution >= 0.6 is 11.6 Å². The lowest BCUT2D eigenvalue weighted by molar-refractivity contribution is 0.0851. The van der Waals surface area contributed by atoms with Crippen LogP contribution in [0.25, 0.3) is 0 Å². The number of amides is 1. The molecule has 4 heteroatoms. The maximum Gasteiger partial charge on any atom is 0.253 e. The van der Waals surface area contributed by atoms with Crippen LogP contribution in [0.2, 0.25) is 5.02 Å². The van der Waals surface area contributed by atoms with Crippen LogP contribution in [-0.4, -0.2) is 19.0 Å². The van der Waals surface area contributed by atoms with Crippen LogP contribution in [0, 0.1) is 5.41 Å². The molecule has 0 heterocycles. The monoisotopic (exact) mass is 294 g/mol. The molecule has 1 saturated carbocycles. The van der Waals surface area contributed by atoms with Crippen LogP contribution in [0.5, 0.6) is 0 Å². The largest absolute Gasteiger partial charge is 0.385 e. The van der Waals surface area contributed by atoms with Gasteiger partial charge in [0.25, 0.3) is 5.91 Å². The Hall–Kier alpha value is -1.22. The zero-order chi connectivity index (χ0) is 14.6. The highest BCUT2D eigenvalue weighted by Crippen LogP contribution is 2.43. The number of halogens is 1. The number of hydrogen-bond donors (Lipinski definition) is 2. The summed E-state index contributed by atoms with van der Waals surface area (Å²) in [6.45, 7) is 5.76. The van der Waals surface area contributed by atoms with Crippen molar-refractivity contribution in [3.8, 4) is 0 Å². The van der Waals surface area contributed by atoms with Crippen molar-refractivity contribution in [2.24, 2.45) is 5.41 Å². The molecule has 0 spiro atoms. The minimum Gasteiger partial charge on any atom is -0.385 e. The summed E-state index contributed by atoms with van der Waals surface area (Å²) in [5.41, 5.74) is 1.80. The summed E-state index contributed by atoms with van der Waals surface area (Å²) >= 11 is 6.01. The Balaban J connectivity index is 2.06. The van der Waals surface area contributed by atoms with Crippen molar-refractivity contribution in [2.75, 3.05) is 18.4 Å². The molecular weight excluding hydrogens is 272 g/mol. The molecule has 20 heavy (non-hydrogen) atoms. The van der Waals surface area contributed by atoms with Gasteiger partial charge in [-0.1, -0.05) is 24.9 Å². The smallest absolute Gasteiger partial charge is 0.253 e. The lowest BCUT2D eigenvalue weighted by Crippen LogP contribution is -2.41. The van der Waals surface area contributed by atoms with E-state index in [2.05, 4.69) is 17.6 Å². The summed E-state index contributed by atoms with van der Waals surface area (Å²) in [4.78, 5) is 12.4. The lowest BCUT2D eigenvalue weighted by atomic mass is 9.67. The molecule has 0 saturated heterocycles. The van der Waals surface area contributed by atoms with Crippen molar-refractivity contribution in [1.82, 2.24) is 5.32 Å². The highest BCUT2D eigenvalue weighted by atomic mass is 35.5. The van der Waals surface area contributed by atoms with Crippen molar-refractivity contribution < 1.29 is 4.79 Å². The zero-order valence-corrected chi connectivity index (χ0v) is 13.0. The fourth-order valence-corrected chi connectivity index (χ4v) is 2.92. The van der Waals surface area contributed by atoms with Gasteiger partial charge >= 0.3 is 0 Å². The van der Waals surface area contributed by atoms with E-state index >= 15 is 0 Å². The van der Waals surface area contributed by atoms with E-state index < -0.39 is 0 Å². The van der Waals surface area contributed by atoms with Gasteiger partial charge in [-0.2, -0.15) is 0 Å². The second-order valence-electron chi connectivity index (χ2n) is 5.61. The molecule has 1 aliphatic carbocycles. The molecule has 1 aliphatic rings. The molecule has 0 aromatic heterocycles. The van der Waals surface area contributed by atoms with Gasteiger partial charge in [-0.25, -0.2) is 0 Å². The number of carbonyl (C=O) groups excluding carboxylic acids is 1. The first kappa shape index (κ1) is 15.2. The number of benzene rings is 1. The molecule has 1 aromatic rings. The van der Waals surface area contributed by atoms with Gasteiger partial charge in [-0.3, -0.25) is 4.79 Å². The van der Waals surface area contributed by atoms with Crippen LogP contribution in [0.3, 0.4) is 0 Å². The van der Waals surface area contributed by atoms with Crippen LogP contribution in [0.1, 0.15) is 49.9 Å². The van der Waals surface area contributed by atoms with Crippen molar-refractivity contribution in [2.45, 2.75) is 39.5 Å². The predicted molar refractivity (Wildman–Crippen MR) is 84.5 cm³/mol. The molecule has 1 amide bonds. The minimum atomic E-state index is -0.0387. The van der Waals surface area contributed by atoms with Crippen LogP contribution in [0.4, 0.5) is 5.69 Å². The van der Waals surface area contributed by atoms with Gasteiger partial charge in [0.15, 0.2) is 0 Å². The van der Waals surface area contributed by atoms with E-state index in [0.29, 0.717) is 16.0 Å². The average Bonchev–Trinajstić information content (AvgIpc) is 2.40. The van der Waals surface area contributed by atoms with Crippen molar-refractivity contribution in [3.63, 3.8) is 0 Å². The number of nitrogens with one attached hydrogen (secondary N) is 2. The molecule has 0 bridgehead atoms. The van der Waals surface area contributed by atoms with E-state index in [1.165, 1.54) is 19.3 Å². The SMILES string of the molecule is CCNc1ccc(Cl)cc1C(=O)NCC1(CC)CCC1. The molecule has 0 aliphatic heterocycles.